The minimum Gasteiger partial charge on any atom is -0.444 e. The van der Waals surface area contributed by atoms with Crippen LogP contribution >= 0.6 is 0 Å². The third-order valence-electron chi connectivity index (χ3n) is 5.35. The van der Waals surface area contributed by atoms with Gasteiger partial charge >= 0.3 is 6.09 Å². The number of carbonyl (C=O) groups is 1. The molecule has 0 N–H and O–H groups in total. The van der Waals surface area contributed by atoms with Crippen LogP contribution in [-0.2, 0) is 19.0 Å². The standard InChI is InChI=1S/C22H35NO5S/c1-17-8-10-20(11-9-17)29(25,26)27-16-6-7-18(2)19-12-14-23(15-13-19)21(24)28-22(3,4)5/h8-11,18-19H,6-7,12-16H2,1-5H3. The van der Waals surface area contributed by atoms with E-state index in [9.17, 15) is 13.2 Å². The van der Waals surface area contributed by atoms with Crippen molar-refractivity contribution in [1.82, 2.24) is 4.90 Å². The largest absolute Gasteiger partial charge is 0.444 e. The molecule has 1 aliphatic heterocycles. The number of amides is 1. The highest BCUT2D eigenvalue weighted by Crippen LogP contribution is 2.29. The molecule has 1 heterocycles. The van der Waals surface area contributed by atoms with Crippen LogP contribution in [0.3, 0.4) is 0 Å². The van der Waals surface area contributed by atoms with Gasteiger partial charge in [-0.25, -0.2) is 4.79 Å². The topological polar surface area (TPSA) is 72.9 Å². The van der Waals surface area contributed by atoms with Gasteiger partial charge in [0.05, 0.1) is 11.5 Å². The minimum atomic E-state index is -3.69. The lowest BCUT2D eigenvalue weighted by atomic mass is 9.83. The van der Waals surface area contributed by atoms with Crippen LogP contribution in [0.15, 0.2) is 29.2 Å². The van der Waals surface area contributed by atoms with Crippen LogP contribution in [-0.4, -0.2) is 44.7 Å². The summed E-state index contributed by atoms with van der Waals surface area (Å²) >= 11 is 0. The summed E-state index contributed by atoms with van der Waals surface area (Å²) in [5.41, 5.74) is 0.538. The maximum Gasteiger partial charge on any atom is 0.410 e. The number of likely N-dealkylation sites (tertiary alicyclic amines) is 1. The van der Waals surface area contributed by atoms with Gasteiger partial charge in [0.15, 0.2) is 0 Å². The van der Waals surface area contributed by atoms with Gasteiger partial charge in [-0.3, -0.25) is 4.18 Å². The van der Waals surface area contributed by atoms with E-state index in [0.717, 1.165) is 24.8 Å². The predicted octanol–water partition coefficient (Wildman–Crippen LogP) is 4.76. The van der Waals surface area contributed by atoms with Gasteiger partial charge in [-0.15, -0.1) is 0 Å². The van der Waals surface area contributed by atoms with Crippen molar-refractivity contribution in [3.8, 4) is 0 Å². The molecule has 0 aromatic heterocycles. The SMILES string of the molecule is Cc1ccc(S(=O)(=O)OCCCC(C)C2CCN(C(=O)OC(C)(C)C)CC2)cc1. The molecule has 1 amide bonds. The Morgan fingerprint density at radius 2 is 1.76 bits per heavy atom. The van der Waals surface area contributed by atoms with E-state index in [0.29, 0.717) is 31.3 Å². The summed E-state index contributed by atoms with van der Waals surface area (Å²) < 4.78 is 35.1. The minimum absolute atomic E-state index is 0.192. The number of ether oxygens (including phenoxy) is 1. The molecule has 0 bridgehead atoms. The van der Waals surface area contributed by atoms with Gasteiger partial charge in [-0.2, -0.15) is 8.42 Å². The molecule has 1 aromatic rings. The number of carbonyl (C=O) groups excluding carboxylic acids is 1. The molecule has 1 atom stereocenters. The van der Waals surface area contributed by atoms with E-state index in [1.165, 1.54) is 0 Å². The Morgan fingerprint density at radius 3 is 2.31 bits per heavy atom. The zero-order chi connectivity index (χ0) is 21.7. The van der Waals surface area contributed by atoms with Crippen molar-refractivity contribution in [2.45, 2.75) is 70.8 Å². The van der Waals surface area contributed by atoms with E-state index in [-0.39, 0.29) is 17.6 Å². The lowest BCUT2D eigenvalue weighted by Crippen LogP contribution is -2.42. The van der Waals surface area contributed by atoms with Gasteiger partial charge in [0.2, 0.25) is 0 Å². The predicted molar refractivity (Wildman–Crippen MR) is 113 cm³/mol. The molecule has 1 aliphatic rings. The molecule has 7 heteroatoms. The maximum absolute atomic E-state index is 12.2. The Balaban J connectivity index is 1.70. The lowest BCUT2D eigenvalue weighted by Gasteiger charge is -2.35. The summed E-state index contributed by atoms with van der Waals surface area (Å²) in [4.78, 5) is 14.1. The number of nitrogens with zero attached hydrogens (tertiary/aromatic N) is 1. The lowest BCUT2D eigenvalue weighted by molar-refractivity contribution is 0.0160. The molecule has 0 saturated carbocycles. The maximum atomic E-state index is 12.2. The first-order valence-corrected chi connectivity index (χ1v) is 11.8. The molecule has 29 heavy (non-hydrogen) atoms. The van der Waals surface area contributed by atoms with Crippen LogP contribution in [0, 0.1) is 18.8 Å². The van der Waals surface area contributed by atoms with Gasteiger partial charge in [0.25, 0.3) is 10.1 Å². The molecular weight excluding hydrogens is 390 g/mol. The third kappa shape index (κ3) is 7.63. The summed E-state index contributed by atoms with van der Waals surface area (Å²) in [6, 6.07) is 6.68. The van der Waals surface area contributed by atoms with Gasteiger partial charge in [-0.1, -0.05) is 24.6 Å². The van der Waals surface area contributed by atoms with Crippen molar-refractivity contribution in [2.24, 2.45) is 11.8 Å². The molecule has 6 nitrogen and oxygen atoms in total. The van der Waals surface area contributed by atoms with Crippen molar-refractivity contribution in [3.63, 3.8) is 0 Å². The van der Waals surface area contributed by atoms with E-state index >= 15 is 0 Å². The Labute approximate surface area is 175 Å². The Hall–Kier alpha value is -1.60. The smallest absolute Gasteiger partial charge is 0.410 e. The van der Waals surface area contributed by atoms with Gasteiger partial charge in [-0.05, 0) is 77.3 Å². The molecule has 0 aliphatic carbocycles. The molecule has 0 spiro atoms. The van der Waals surface area contributed by atoms with E-state index < -0.39 is 15.7 Å². The molecule has 1 saturated heterocycles. The molecule has 1 aromatic carbocycles. The highest BCUT2D eigenvalue weighted by Gasteiger charge is 2.29. The van der Waals surface area contributed by atoms with E-state index in [1.807, 2.05) is 27.7 Å². The first kappa shape index (κ1) is 23.7. The van der Waals surface area contributed by atoms with Crippen LogP contribution in [0.4, 0.5) is 4.79 Å². The number of benzene rings is 1. The molecule has 1 fully saturated rings. The number of hydrogen-bond donors (Lipinski definition) is 0. The number of rotatable bonds is 7. The first-order chi connectivity index (χ1) is 13.5. The zero-order valence-electron chi connectivity index (χ0n) is 18.3. The number of aryl methyl sites for hydroxylation is 1. The monoisotopic (exact) mass is 425 g/mol. The highest BCUT2D eigenvalue weighted by atomic mass is 32.2. The second-order valence-electron chi connectivity index (χ2n) is 9.01. The fourth-order valence-electron chi connectivity index (χ4n) is 3.56. The van der Waals surface area contributed by atoms with Crippen LogP contribution in [0.5, 0.6) is 0 Å². The Morgan fingerprint density at radius 1 is 1.17 bits per heavy atom. The average Bonchev–Trinajstić information content (AvgIpc) is 2.64. The quantitative estimate of drug-likeness (QED) is 0.465. The fourth-order valence-corrected chi connectivity index (χ4v) is 4.50. The summed E-state index contributed by atoms with van der Waals surface area (Å²) in [6.45, 7) is 11.4. The van der Waals surface area contributed by atoms with Crippen molar-refractivity contribution in [3.05, 3.63) is 29.8 Å². The van der Waals surface area contributed by atoms with Crippen molar-refractivity contribution < 1.29 is 22.1 Å². The first-order valence-electron chi connectivity index (χ1n) is 10.4. The highest BCUT2D eigenvalue weighted by molar-refractivity contribution is 7.86. The summed E-state index contributed by atoms with van der Waals surface area (Å²) in [6.07, 6.45) is 3.25. The summed E-state index contributed by atoms with van der Waals surface area (Å²) in [5.74, 6) is 0.990. The van der Waals surface area contributed by atoms with Crippen molar-refractivity contribution in [1.29, 1.82) is 0 Å². The van der Waals surface area contributed by atoms with Crippen molar-refractivity contribution >= 4 is 16.2 Å². The Bertz CT molecular complexity index is 759. The molecular formula is C22H35NO5S. The summed E-state index contributed by atoms with van der Waals surface area (Å²) in [7, 11) is -3.69. The van der Waals surface area contributed by atoms with E-state index in [4.69, 9.17) is 8.92 Å². The van der Waals surface area contributed by atoms with E-state index in [2.05, 4.69) is 6.92 Å². The molecule has 1 unspecified atom stereocenters. The fraction of sp³-hybridized carbons (Fsp3) is 0.682. The number of piperidine rings is 1. The average molecular weight is 426 g/mol. The second kappa shape index (κ2) is 9.94. The molecule has 0 radical (unpaired) electrons. The zero-order valence-corrected chi connectivity index (χ0v) is 19.1. The van der Waals surface area contributed by atoms with Crippen LogP contribution < -0.4 is 0 Å². The molecule has 164 valence electrons. The van der Waals surface area contributed by atoms with Crippen molar-refractivity contribution in [2.75, 3.05) is 19.7 Å². The molecule has 2 rings (SSSR count). The summed E-state index contributed by atoms with van der Waals surface area (Å²) in [5, 5.41) is 0. The Kier molecular flexibility index (Phi) is 8.11. The van der Waals surface area contributed by atoms with Gasteiger partial charge < -0.3 is 9.64 Å². The third-order valence-corrected chi connectivity index (χ3v) is 6.67. The van der Waals surface area contributed by atoms with Gasteiger partial charge in [0.1, 0.15) is 5.60 Å². The van der Waals surface area contributed by atoms with Crippen LogP contribution in [0.2, 0.25) is 0 Å². The van der Waals surface area contributed by atoms with E-state index in [1.54, 1.807) is 29.2 Å². The van der Waals surface area contributed by atoms with Crippen LogP contribution in [0.1, 0.15) is 58.9 Å². The second-order valence-corrected chi connectivity index (χ2v) is 10.6. The van der Waals surface area contributed by atoms with Crippen LogP contribution in [0.25, 0.3) is 0 Å². The van der Waals surface area contributed by atoms with Gasteiger partial charge in [0, 0.05) is 13.1 Å². The number of hydrogen-bond acceptors (Lipinski definition) is 5. The normalized spacial score (nSPS) is 17.2.